The third kappa shape index (κ3) is 1.44. The van der Waals surface area contributed by atoms with Gasteiger partial charge in [-0.2, -0.15) is 10.2 Å². The fourth-order valence-corrected chi connectivity index (χ4v) is 1.92. The lowest BCUT2D eigenvalue weighted by atomic mass is 10.1. The van der Waals surface area contributed by atoms with Crippen molar-refractivity contribution >= 4 is 17.0 Å². The number of aromatic nitrogens is 4. The van der Waals surface area contributed by atoms with Crippen LogP contribution in [0.15, 0.2) is 36.7 Å². The number of fused-ring (bicyclic) bond motifs is 1. The fourth-order valence-electron chi connectivity index (χ4n) is 1.92. The molecule has 0 aliphatic rings. The normalized spacial score (nSPS) is 10.9. The van der Waals surface area contributed by atoms with Crippen molar-refractivity contribution < 1.29 is 0 Å². The summed E-state index contributed by atoms with van der Waals surface area (Å²) < 4.78 is 1.87. The van der Waals surface area contributed by atoms with Crippen LogP contribution >= 0.6 is 0 Å². The van der Waals surface area contributed by atoms with Gasteiger partial charge in [0, 0.05) is 18.2 Å². The van der Waals surface area contributed by atoms with Crippen LogP contribution < -0.4 is 5.73 Å². The van der Waals surface area contributed by atoms with Gasteiger partial charge in [-0.15, -0.1) is 0 Å². The summed E-state index contributed by atoms with van der Waals surface area (Å²) in [6.07, 6.45) is 3.39. The van der Waals surface area contributed by atoms with E-state index in [1.807, 2.05) is 35.9 Å². The molecular weight excluding hydrogens is 214 g/mol. The first kappa shape index (κ1) is 9.77. The van der Waals surface area contributed by atoms with E-state index in [1.165, 1.54) is 0 Å². The van der Waals surface area contributed by atoms with Crippen LogP contribution in [-0.2, 0) is 7.05 Å². The minimum Gasteiger partial charge on any atom is -0.369 e. The third-order valence-electron chi connectivity index (χ3n) is 2.84. The predicted octanol–water partition coefficient (Wildman–Crippen LogP) is 1.61. The molecule has 0 fully saturated rings. The van der Waals surface area contributed by atoms with Gasteiger partial charge in [0.25, 0.3) is 0 Å². The number of para-hydroxylation sites is 1. The SMILES string of the molecule is Cn1c(N)nc2c(-c3ccnnc3)cccc21. The Morgan fingerprint density at radius 1 is 1.18 bits per heavy atom. The van der Waals surface area contributed by atoms with Gasteiger partial charge in [0.05, 0.1) is 23.4 Å². The molecule has 2 heterocycles. The van der Waals surface area contributed by atoms with Crippen molar-refractivity contribution in [2.24, 2.45) is 7.05 Å². The first-order valence-electron chi connectivity index (χ1n) is 5.25. The van der Waals surface area contributed by atoms with Crippen LogP contribution in [0.4, 0.5) is 5.95 Å². The van der Waals surface area contributed by atoms with Crippen molar-refractivity contribution in [2.45, 2.75) is 0 Å². The van der Waals surface area contributed by atoms with Crippen LogP contribution in [0.2, 0.25) is 0 Å². The number of rotatable bonds is 1. The Morgan fingerprint density at radius 3 is 2.82 bits per heavy atom. The molecular formula is C12H11N5. The summed E-state index contributed by atoms with van der Waals surface area (Å²) in [7, 11) is 1.90. The Labute approximate surface area is 97.9 Å². The molecule has 2 N–H and O–H groups in total. The van der Waals surface area contributed by atoms with E-state index in [2.05, 4.69) is 15.2 Å². The number of anilines is 1. The highest BCUT2D eigenvalue weighted by molar-refractivity contribution is 5.93. The Kier molecular flexibility index (Phi) is 2.04. The van der Waals surface area contributed by atoms with Gasteiger partial charge in [0.15, 0.2) is 0 Å². The molecule has 84 valence electrons. The summed E-state index contributed by atoms with van der Waals surface area (Å²) in [5, 5.41) is 7.65. The van der Waals surface area contributed by atoms with Crippen LogP contribution in [-0.4, -0.2) is 19.7 Å². The van der Waals surface area contributed by atoms with Gasteiger partial charge in [0.2, 0.25) is 5.95 Å². The molecule has 3 rings (SSSR count). The van der Waals surface area contributed by atoms with Crippen molar-refractivity contribution in [3.8, 4) is 11.1 Å². The smallest absolute Gasteiger partial charge is 0.200 e. The third-order valence-corrected chi connectivity index (χ3v) is 2.84. The molecule has 0 saturated heterocycles. The molecule has 0 radical (unpaired) electrons. The Bertz CT molecular complexity index is 672. The number of nitrogens with zero attached hydrogens (tertiary/aromatic N) is 4. The molecule has 0 aliphatic carbocycles. The van der Waals surface area contributed by atoms with Crippen molar-refractivity contribution in [1.82, 2.24) is 19.7 Å². The second kappa shape index (κ2) is 3.55. The van der Waals surface area contributed by atoms with E-state index in [9.17, 15) is 0 Å². The summed E-state index contributed by atoms with van der Waals surface area (Å²) in [6.45, 7) is 0. The van der Waals surface area contributed by atoms with Gasteiger partial charge in [-0.1, -0.05) is 12.1 Å². The molecule has 0 saturated carbocycles. The molecule has 0 spiro atoms. The summed E-state index contributed by atoms with van der Waals surface area (Å²) in [5.41, 5.74) is 9.73. The van der Waals surface area contributed by atoms with E-state index in [-0.39, 0.29) is 0 Å². The Hall–Kier alpha value is -2.43. The van der Waals surface area contributed by atoms with Crippen LogP contribution in [0.3, 0.4) is 0 Å². The van der Waals surface area contributed by atoms with Crippen LogP contribution in [0, 0.1) is 0 Å². The lowest BCUT2D eigenvalue weighted by molar-refractivity contribution is 0.965. The molecule has 0 unspecified atom stereocenters. The molecule has 0 atom stereocenters. The Balaban J connectivity index is 2.35. The van der Waals surface area contributed by atoms with Gasteiger partial charge < -0.3 is 10.3 Å². The standard InChI is InChI=1S/C12H11N5/c1-17-10-4-2-3-9(11(10)16-12(17)13)8-5-6-14-15-7-8/h2-7H,1H3,(H2,13,16). The number of nitrogens with two attached hydrogens (primary N) is 1. The largest absolute Gasteiger partial charge is 0.369 e. The number of hydrogen-bond donors (Lipinski definition) is 1. The van der Waals surface area contributed by atoms with Crippen molar-refractivity contribution in [3.05, 3.63) is 36.7 Å². The lowest BCUT2D eigenvalue weighted by Gasteiger charge is -2.01. The molecule has 5 heteroatoms. The monoisotopic (exact) mass is 225 g/mol. The average Bonchev–Trinajstić information content (AvgIpc) is 2.67. The van der Waals surface area contributed by atoms with Gasteiger partial charge in [-0.05, 0) is 12.1 Å². The average molecular weight is 225 g/mol. The summed E-state index contributed by atoms with van der Waals surface area (Å²) >= 11 is 0. The van der Waals surface area contributed by atoms with Crippen LogP contribution in [0.5, 0.6) is 0 Å². The molecule has 0 bridgehead atoms. The zero-order chi connectivity index (χ0) is 11.8. The summed E-state index contributed by atoms with van der Waals surface area (Å²) in [5.74, 6) is 0.509. The second-order valence-electron chi connectivity index (χ2n) is 3.83. The predicted molar refractivity (Wildman–Crippen MR) is 66.2 cm³/mol. The number of benzene rings is 1. The highest BCUT2D eigenvalue weighted by atomic mass is 15.1. The van der Waals surface area contributed by atoms with Gasteiger partial charge in [-0.3, -0.25) is 0 Å². The van der Waals surface area contributed by atoms with E-state index < -0.39 is 0 Å². The first-order chi connectivity index (χ1) is 8.27. The zero-order valence-electron chi connectivity index (χ0n) is 9.33. The van der Waals surface area contributed by atoms with E-state index in [0.717, 1.165) is 22.2 Å². The Morgan fingerprint density at radius 2 is 2.06 bits per heavy atom. The minimum atomic E-state index is 0.509. The molecule has 0 aliphatic heterocycles. The molecule has 3 aromatic rings. The molecule has 5 nitrogen and oxygen atoms in total. The number of aryl methyl sites for hydroxylation is 1. The van der Waals surface area contributed by atoms with Gasteiger partial charge in [0.1, 0.15) is 0 Å². The number of nitrogen functional groups attached to an aromatic ring is 1. The van der Waals surface area contributed by atoms with Crippen molar-refractivity contribution in [3.63, 3.8) is 0 Å². The molecule has 1 aromatic carbocycles. The fraction of sp³-hybridized carbons (Fsp3) is 0.0833. The summed E-state index contributed by atoms with van der Waals surface area (Å²) in [6, 6.07) is 7.90. The topological polar surface area (TPSA) is 69.6 Å². The zero-order valence-corrected chi connectivity index (χ0v) is 9.33. The highest BCUT2D eigenvalue weighted by Crippen LogP contribution is 2.27. The molecule has 0 amide bonds. The molecule has 2 aromatic heterocycles. The number of imidazole rings is 1. The summed E-state index contributed by atoms with van der Waals surface area (Å²) in [4.78, 5) is 4.38. The van der Waals surface area contributed by atoms with Crippen molar-refractivity contribution in [1.29, 1.82) is 0 Å². The van der Waals surface area contributed by atoms with E-state index in [1.54, 1.807) is 12.4 Å². The first-order valence-corrected chi connectivity index (χ1v) is 5.25. The van der Waals surface area contributed by atoms with Crippen molar-refractivity contribution in [2.75, 3.05) is 5.73 Å². The maximum absolute atomic E-state index is 5.82. The van der Waals surface area contributed by atoms with E-state index in [4.69, 9.17) is 5.73 Å². The minimum absolute atomic E-state index is 0.509. The molecule has 17 heavy (non-hydrogen) atoms. The lowest BCUT2D eigenvalue weighted by Crippen LogP contribution is -1.95. The maximum Gasteiger partial charge on any atom is 0.200 e. The van der Waals surface area contributed by atoms with Crippen LogP contribution in [0.25, 0.3) is 22.2 Å². The van der Waals surface area contributed by atoms with Gasteiger partial charge >= 0.3 is 0 Å². The van der Waals surface area contributed by atoms with E-state index >= 15 is 0 Å². The maximum atomic E-state index is 5.82. The quantitative estimate of drug-likeness (QED) is 0.683. The highest BCUT2D eigenvalue weighted by Gasteiger charge is 2.10. The second-order valence-corrected chi connectivity index (χ2v) is 3.83. The number of hydrogen-bond acceptors (Lipinski definition) is 4. The van der Waals surface area contributed by atoms with E-state index in [0.29, 0.717) is 5.95 Å². The van der Waals surface area contributed by atoms with Gasteiger partial charge in [-0.25, -0.2) is 4.98 Å². The van der Waals surface area contributed by atoms with Crippen LogP contribution in [0.1, 0.15) is 0 Å².